The summed E-state index contributed by atoms with van der Waals surface area (Å²) in [4.78, 5) is 10.5. The summed E-state index contributed by atoms with van der Waals surface area (Å²) < 4.78 is 32.7. The molecule has 0 spiro atoms. The predicted molar refractivity (Wildman–Crippen MR) is 75.6 cm³/mol. The second-order valence-corrected chi connectivity index (χ2v) is 4.48. The lowest BCUT2D eigenvalue weighted by Crippen LogP contribution is -2.00. The van der Waals surface area contributed by atoms with Crippen LogP contribution in [0.1, 0.15) is 0 Å². The Morgan fingerprint density at radius 2 is 1.77 bits per heavy atom. The summed E-state index contributed by atoms with van der Waals surface area (Å²) in [5.41, 5.74) is 1.63. The van der Waals surface area contributed by atoms with Crippen molar-refractivity contribution in [2.75, 3.05) is 0 Å². The maximum absolute atomic E-state index is 13.4. The Morgan fingerprint density at radius 1 is 1.00 bits per heavy atom. The van der Waals surface area contributed by atoms with Gasteiger partial charge in [0.05, 0.1) is 11.4 Å². The zero-order valence-corrected chi connectivity index (χ0v) is 11.2. The van der Waals surface area contributed by atoms with Gasteiger partial charge in [0.25, 0.3) is 6.47 Å². The smallest absolute Gasteiger partial charge is 0.299 e. The Bertz CT molecular complexity index is 813. The minimum atomic E-state index is -0.401. The monoisotopic (exact) mass is 300 g/mol. The summed E-state index contributed by atoms with van der Waals surface area (Å²) in [5, 5.41) is 4.12. The van der Waals surface area contributed by atoms with Gasteiger partial charge in [-0.25, -0.2) is 13.5 Å². The zero-order valence-electron chi connectivity index (χ0n) is 11.2. The van der Waals surface area contributed by atoms with Gasteiger partial charge in [0.2, 0.25) is 5.88 Å². The van der Waals surface area contributed by atoms with Gasteiger partial charge >= 0.3 is 0 Å². The second-order valence-electron chi connectivity index (χ2n) is 4.48. The van der Waals surface area contributed by atoms with Crippen molar-refractivity contribution in [3.05, 3.63) is 66.2 Å². The number of aromatic nitrogens is 2. The molecule has 110 valence electrons. The highest BCUT2D eigenvalue weighted by Gasteiger charge is 2.13. The van der Waals surface area contributed by atoms with Crippen LogP contribution in [0.25, 0.3) is 16.9 Å². The molecule has 0 saturated carbocycles. The molecule has 0 amide bonds. The lowest BCUT2D eigenvalue weighted by atomic mass is 10.1. The molecule has 0 bridgehead atoms. The first-order valence-electron chi connectivity index (χ1n) is 6.39. The molecular formula is C16H10F2N2O2. The number of rotatable bonds is 4. The normalized spacial score (nSPS) is 10.5. The quantitative estimate of drug-likeness (QED) is 0.694. The van der Waals surface area contributed by atoms with Crippen LogP contribution in [0.2, 0.25) is 0 Å². The number of carbonyl (C=O) groups is 1. The van der Waals surface area contributed by atoms with E-state index >= 15 is 0 Å². The molecule has 0 fully saturated rings. The minimum absolute atomic E-state index is 0.0681. The van der Waals surface area contributed by atoms with Crippen molar-refractivity contribution in [2.45, 2.75) is 0 Å². The van der Waals surface area contributed by atoms with Crippen LogP contribution in [0.4, 0.5) is 8.78 Å². The molecule has 0 aliphatic heterocycles. The lowest BCUT2D eigenvalue weighted by molar-refractivity contribution is -0.120. The maximum atomic E-state index is 13.4. The van der Waals surface area contributed by atoms with Crippen molar-refractivity contribution in [3.8, 4) is 22.8 Å². The van der Waals surface area contributed by atoms with Gasteiger partial charge < -0.3 is 4.74 Å². The highest BCUT2D eigenvalue weighted by Crippen LogP contribution is 2.27. The Kier molecular flexibility index (Phi) is 3.65. The summed E-state index contributed by atoms with van der Waals surface area (Å²) in [6, 6.07) is 13.0. The van der Waals surface area contributed by atoms with E-state index < -0.39 is 5.82 Å². The summed E-state index contributed by atoms with van der Waals surface area (Å²) in [7, 11) is 0. The van der Waals surface area contributed by atoms with E-state index in [2.05, 4.69) is 5.10 Å². The van der Waals surface area contributed by atoms with Crippen LogP contribution < -0.4 is 4.74 Å². The third kappa shape index (κ3) is 2.71. The highest BCUT2D eigenvalue weighted by atomic mass is 19.1. The molecule has 0 unspecified atom stereocenters. The lowest BCUT2D eigenvalue weighted by Gasteiger charge is -2.07. The van der Waals surface area contributed by atoms with Crippen LogP contribution in [0.5, 0.6) is 5.88 Å². The molecule has 3 rings (SSSR count). The average molecular weight is 300 g/mol. The zero-order chi connectivity index (χ0) is 15.5. The number of ether oxygens (including phenoxy) is 1. The van der Waals surface area contributed by atoms with E-state index in [-0.39, 0.29) is 18.2 Å². The Labute approximate surface area is 124 Å². The van der Waals surface area contributed by atoms with Gasteiger partial charge in [-0.1, -0.05) is 12.1 Å². The van der Waals surface area contributed by atoms with Gasteiger partial charge in [0, 0.05) is 11.6 Å². The number of hydrogen-bond acceptors (Lipinski definition) is 3. The van der Waals surface area contributed by atoms with Crippen molar-refractivity contribution in [2.24, 2.45) is 0 Å². The third-order valence-corrected chi connectivity index (χ3v) is 3.05. The fraction of sp³-hybridized carbons (Fsp3) is 0. The van der Waals surface area contributed by atoms with Crippen molar-refractivity contribution in [1.82, 2.24) is 9.78 Å². The first kappa shape index (κ1) is 13.9. The van der Waals surface area contributed by atoms with Gasteiger partial charge in [-0.15, -0.1) is 5.10 Å². The van der Waals surface area contributed by atoms with Crippen molar-refractivity contribution in [1.29, 1.82) is 0 Å². The van der Waals surface area contributed by atoms with Gasteiger partial charge in [-0.2, -0.15) is 0 Å². The molecule has 0 atom stereocenters. The van der Waals surface area contributed by atoms with Crippen molar-refractivity contribution < 1.29 is 18.3 Å². The summed E-state index contributed by atoms with van der Waals surface area (Å²) in [6.07, 6.45) is 0. The molecule has 0 aliphatic carbocycles. The number of carbonyl (C=O) groups excluding carboxylic acids is 1. The molecule has 6 heteroatoms. The molecular weight excluding hydrogens is 290 g/mol. The SMILES string of the molecule is O=COc1cc(-c2cccc(F)c2)n(-c2ccc(F)cc2)n1. The van der Waals surface area contributed by atoms with Crippen molar-refractivity contribution >= 4 is 6.47 Å². The largest absolute Gasteiger partial charge is 0.408 e. The molecule has 2 aromatic carbocycles. The van der Waals surface area contributed by atoms with E-state index in [1.807, 2.05) is 0 Å². The molecule has 1 heterocycles. The molecule has 0 N–H and O–H groups in total. The van der Waals surface area contributed by atoms with Gasteiger partial charge in [0.15, 0.2) is 0 Å². The number of hydrogen-bond donors (Lipinski definition) is 0. The molecule has 0 radical (unpaired) electrons. The van der Waals surface area contributed by atoms with Crippen molar-refractivity contribution in [3.63, 3.8) is 0 Å². The van der Waals surface area contributed by atoms with E-state index in [4.69, 9.17) is 4.74 Å². The number of halogens is 2. The van der Waals surface area contributed by atoms with Crippen LogP contribution in [-0.4, -0.2) is 16.3 Å². The Balaban J connectivity index is 2.15. The molecule has 3 aromatic rings. The van der Waals surface area contributed by atoms with Crippen LogP contribution in [0.3, 0.4) is 0 Å². The molecule has 0 aliphatic rings. The topological polar surface area (TPSA) is 44.1 Å². The minimum Gasteiger partial charge on any atom is -0.408 e. The van der Waals surface area contributed by atoms with Gasteiger partial charge in [-0.05, 0) is 36.4 Å². The number of nitrogens with zero attached hydrogens (tertiary/aromatic N) is 2. The predicted octanol–water partition coefficient (Wildman–Crippen LogP) is 3.35. The van der Waals surface area contributed by atoms with Crippen LogP contribution >= 0.6 is 0 Å². The van der Waals surface area contributed by atoms with Gasteiger partial charge in [0.1, 0.15) is 11.6 Å². The summed E-state index contributed by atoms with van der Waals surface area (Å²) in [6.45, 7) is 0.257. The van der Waals surface area contributed by atoms with Crippen LogP contribution in [0.15, 0.2) is 54.6 Å². The second kappa shape index (κ2) is 5.77. The van der Waals surface area contributed by atoms with E-state index in [9.17, 15) is 13.6 Å². The standard InChI is InChI=1S/C16H10F2N2O2/c17-12-4-6-14(7-5-12)20-15(9-16(19-20)22-10-21)11-2-1-3-13(18)8-11/h1-10H. The molecule has 4 nitrogen and oxygen atoms in total. The summed E-state index contributed by atoms with van der Waals surface area (Å²) in [5.74, 6) is -0.714. The van der Waals surface area contributed by atoms with E-state index in [1.165, 1.54) is 47.1 Å². The maximum Gasteiger partial charge on any atom is 0.299 e. The highest BCUT2D eigenvalue weighted by molar-refractivity contribution is 5.64. The molecule has 0 saturated heterocycles. The fourth-order valence-electron chi connectivity index (χ4n) is 2.10. The van der Waals surface area contributed by atoms with Crippen LogP contribution in [-0.2, 0) is 4.79 Å². The third-order valence-electron chi connectivity index (χ3n) is 3.05. The van der Waals surface area contributed by atoms with E-state index in [0.717, 1.165) is 0 Å². The fourth-order valence-corrected chi connectivity index (χ4v) is 2.10. The molecule has 1 aromatic heterocycles. The van der Waals surface area contributed by atoms with Gasteiger partial charge in [-0.3, -0.25) is 4.79 Å². The summed E-state index contributed by atoms with van der Waals surface area (Å²) >= 11 is 0. The Hall–Kier alpha value is -3.02. The average Bonchev–Trinajstić information content (AvgIpc) is 2.92. The van der Waals surface area contributed by atoms with E-state index in [0.29, 0.717) is 16.9 Å². The Morgan fingerprint density at radius 3 is 2.45 bits per heavy atom. The number of benzene rings is 2. The van der Waals surface area contributed by atoms with E-state index in [1.54, 1.807) is 12.1 Å². The van der Waals surface area contributed by atoms with Crippen LogP contribution in [0, 0.1) is 11.6 Å². The first-order chi connectivity index (χ1) is 10.7. The molecule has 22 heavy (non-hydrogen) atoms. The first-order valence-corrected chi connectivity index (χ1v) is 6.39.